The van der Waals surface area contributed by atoms with Gasteiger partial charge < -0.3 is 19.5 Å². The number of piperazine rings is 1. The van der Waals surface area contributed by atoms with Crippen molar-refractivity contribution in [1.29, 1.82) is 0 Å². The van der Waals surface area contributed by atoms with Gasteiger partial charge in [-0.1, -0.05) is 23.7 Å². The fourth-order valence-electron chi connectivity index (χ4n) is 3.33. The van der Waals surface area contributed by atoms with Crippen LogP contribution in [-0.2, 0) is 11.3 Å². The average molecular weight is 364 g/mol. The first kappa shape index (κ1) is 18.0. The number of rotatable bonds is 6. The van der Waals surface area contributed by atoms with Crippen molar-refractivity contribution in [3.63, 3.8) is 0 Å². The number of benzene rings is 1. The molecule has 1 saturated heterocycles. The molecule has 1 atom stereocenters. The summed E-state index contributed by atoms with van der Waals surface area (Å²) in [7, 11) is 0. The zero-order chi connectivity index (χ0) is 17.6. The molecule has 5 nitrogen and oxygen atoms in total. The normalized spacial score (nSPS) is 21.7. The maximum Gasteiger partial charge on any atom is 0.275 e. The van der Waals surface area contributed by atoms with Gasteiger partial charge in [0.25, 0.3) is 5.91 Å². The van der Waals surface area contributed by atoms with E-state index in [0.29, 0.717) is 6.54 Å². The molecule has 1 aliphatic heterocycles. The van der Waals surface area contributed by atoms with Gasteiger partial charge in [-0.3, -0.25) is 4.79 Å². The third-order valence-electron chi connectivity index (χ3n) is 4.79. The molecule has 6 heteroatoms. The van der Waals surface area contributed by atoms with Crippen LogP contribution >= 0.6 is 11.6 Å². The molecule has 3 N–H and O–H groups in total. The van der Waals surface area contributed by atoms with Gasteiger partial charge in [-0.15, -0.1) is 0 Å². The molecule has 0 aliphatic carbocycles. The minimum Gasteiger partial charge on any atom is -0.467 e. The van der Waals surface area contributed by atoms with Crippen LogP contribution in [0, 0.1) is 0 Å². The first-order chi connectivity index (χ1) is 12.1. The van der Waals surface area contributed by atoms with Crippen LogP contribution in [0.5, 0.6) is 0 Å². The molecule has 134 valence electrons. The monoisotopic (exact) mass is 363 g/mol. The van der Waals surface area contributed by atoms with Crippen molar-refractivity contribution in [1.82, 2.24) is 5.32 Å². The number of carbonyl (C=O) groups is 1. The van der Waals surface area contributed by atoms with E-state index in [2.05, 4.69) is 17.4 Å². The highest BCUT2D eigenvalue weighted by Gasteiger charge is 2.25. The Morgan fingerprint density at radius 2 is 1.84 bits per heavy atom. The Bertz CT molecular complexity index is 664. The third kappa shape index (κ3) is 5.33. The largest absolute Gasteiger partial charge is 0.467 e. The number of furan rings is 1. The molecule has 1 fully saturated rings. The Balaban J connectivity index is 1.40. The van der Waals surface area contributed by atoms with Crippen molar-refractivity contribution in [3.8, 4) is 0 Å². The molecular formula is C19H26ClN3O2+2. The molecule has 1 aliphatic rings. The van der Waals surface area contributed by atoms with Crippen LogP contribution in [0.25, 0.3) is 0 Å². The van der Waals surface area contributed by atoms with Gasteiger partial charge in [0.05, 0.1) is 12.3 Å². The predicted molar refractivity (Wildman–Crippen MR) is 96.7 cm³/mol. The first-order valence-electron chi connectivity index (χ1n) is 8.84. The minimum absolute atomic E-state index is 0.0834. The first-order valence-corrected chi connectivity index (χ1v) is 9.22. The molecule has 0 spiro atoms. The Labute approximate surface area is 153 Å². The summed E-state index contributed by atoms with van der Waals surface area (Å²) in [5.74, 6) is 0.876. The van der Waals surface area contributed by atoms with E-state index in [1.54, 1.807) is 11.2 Å². The van der Waals surface area contributed by atoms with Crippen molar-refractivity contribution in [3.05, 3.63) is 59.0 Å². The molecule has 0 radical (unpaired) electrons. The molecule has 1 aromatic heterocycles. The fourth-order valence-corrected chi connectivity index (χ4v) is 3.46. The summed E-state index contributed by atoms with van der Waals surface area (Å²) in [6.45, 7) is 7.70. The highest BCUT2D eigenvalue weighted by atomic mass is 35.5. The lowest BCUT2D eigenvalue weighted by Gasteiger charge is -2.29. The Kier molecular flexibility index (Phi) is 6.13. The van der Waals surface area contributed by atoms with E-state index in [-0.39, 0.29) is 11.9 Å². The SMILES string of the molecule is C[C@@H](NC(=O)C[NH+]1CC[NH+](Cc2ccc(Cl)cc2)CC1)c1ccco1. The second-order valence-electron chi connectivity index (χ2n) is 6.78. The van der Waals surface area contributed by atoms with Crippen LogP contribution in [0.15, 0.2) is 47.1 Å². The van der Waals surface area contributed by atoms with Gasteiger partial charge in [0.1, 0.15) is 38.5 Å². The Morgan fingerprint density at radius 3 is 2.48 bits per heavy atom. The van der Waals surface area contributed by atoms with Gasteiger partial charge in [0, 0.05) is 10.6 Å². The molecule has 0 bridgehead atoms. The van der Waals surface area contributed by atoms with Gasteiger partial charge in [-0.05, 0) is 31.2 Å². The van der Waals surface area contributed by atoms with Gasteiger partial charge >= 0.3 is 0 Å². The van der Waals surface area contributed by atoms with Crippen LogP contribution in [0.1, 0.15) is 24.3 Å². The van der Waals surface area contributed by atoms with Crippen LogP contribution in [0.4, 0.5) is 0 Å². The van der Waals surface area contributed by atoms with Crippen molar-refractivity contribution in [2.24, 2.45) is 0 Å². The van der Waals surface area contributed by atoms with Crippen molar-refractivity contribution in [2.45, 2.75) is 19.5 Å². The Morgan fingerprint density at radius 1 is 1.16 bits per heavy atom. The molecule has 0 saturated carbocycles. The van der Waals surface area contributed by atoms with E-state index in [9.17, 15) is 4.79 Å². The summed E-state index contributed by atoms with van der Waals surface area (Å²) < 4.78 is 5.33. The lowest BCUT2D eigenvalue weighted by molar-refractivity contribution is -1.02. The van der Waals surface area contributed by atoms with Gasteiger partial charge in [-0.2, -0.15) is 0 Å². The van der Waals surface area contributed by atoms with E-state index in [0.717, 1.165) is 43.5 Å². The quantitative estimate of drug-likeness (QED) is 0.681. The molecule has 25 heavy (non-hydrogen) atoms. The zero-order valence-electron chi connectivity index (χ0n) is 14.6. The second kappa shape index (κ2) is 8.52. The molecule has 1 aromatic carbocycles. The number of hydrogen-bond acceptors (Lipinski definition) is 2. The molecule has 0 unspecified atom stereocenters. The molecule has 3 rings (SSSR count). The summed E-state index contributed by atoms with van der Waals surface area (Å²) in [4.78, 5) is 15.1. The maximum atomic E-state index is 12.2. The zero-order valence-corrected chi connectivity index (χ0v) is 15.3. The Hall–Kier alpha value is -1.82. The summed E-state index contributed by atoms with van der Waals surface area (Å²) in [5.41, 5.74) is 1.31. The van der Waals surface area contributed by atoms with Gasteiger partial charge in [0.2, 0.25) is 0 Å². The molecular weight excluding hydrogens is 338 g/mol. The fraction of sp³-hybridized carbons (Fsp3) is 0.421. The van der Waals surface area contributed by atoms with Crippen LogP contribution in [0.2, 0.25) is 5.02 Å². The standard InChI is InChI=1S/C19H24ClN3O2/c1-15(18-3-2-12-25-18)21-19(24)14-23-10-8-22(9-11-23)13-16-4-6-17(20)7-5-16/h2-7,12,15H,8-11,13-14H2,1H3,(H,21,24)/p+2/t15-/m1/s1. The van der Waals surface area contributed by atoms with Crippen LogP contribution in [-0.4, -0.2) is 38.6 Å². The second-order valence-corrected chi connectivity index (χ2v) is 7.22. The van der Waals surface area contributed by atoms with E-state index in [1.807, 2.05) is 31.2 Å². The molecule has 1 amide bonds. The third-order valence-corrected chi connectivity index (χ3v) is 5.04. The van der Waals surface area contributed by atoms with Crippen molar-refractivity contribution in [2.75, 3.05) is 32.7 Å². The highest BCUT2D eigenvalue weighted by molar-refractivity contribution is 6.30. The van der Waals surface area contributed by atoms with Crippen LogP contribution in [0.3, 0.4) is 0 Å². The number of halogens is 1. The van der Waals surface area contributed by atoms with E-state index in [4.69, 9.17) is 16.0 Å². The number of nitrogens with one attached hydrogen (secondary N) is 3. The highest BCUT2D eigenvalue weighted by Crippen LogP contribution is 2.11. The number of quaternary nitrogens is 2. The van der Waals surface area contributed by atoms with E-state index < -0.39 is 0 Å². The lowest BCUT2D eigenvalue weighted by atomic mass is 10.2. The summed E-state index contributed by atoms with van der Waals surface area (Å²) in [5, 5.41) is 3.79. The smallest absolute Gasteiger partial charge is 0.275 e. The van der Waals surface area contributed by atoms with Crippen LogP contribution < -0.4 is 15.1 Å². The van der Waals surface area contributed by atoms with Crippen molar-refractivity contribution >= 4 is 17.5 Å². The van der Waals surface area contributed by atoms with Crippen molar-refractivity contribution < 1.29 is 19.0 Å². The minimum atomic E-state index is -0.0845. The topological polar surface area (TPSA) is 51.1 Å². The summed E-state index contributed by atoms with van der Waals surface area (Å²) in [6.07, 6.45) is 1.63. The van der Waals surface area contributed by atoms with E-state index in [1.165, 1.54) is 10.5 Å². The lowest BCUT2D eigenvalue weighted by Crippen LogP contribution is -3.28. The molecule has 2 aromatic rings. The average Bonchev–Trinajstić information content (AvgIpc) is 3.13. The summed E-state index contributed by atoms with van der Waals surface area (Å²) >= 11 is 5.94. The summed E-state index contributed by atoms with van der Waals surface area (Å²) in [6, 6.07) is 11.7. The maximum absolute atomic E-state index is 12.2. The molecule has 2 heterocycles. The van der Waals surface area contributed by atoms with Gasteiger partial charge in [0.15, 0.2) is 6.54 Å². The van der Waals surface area contributed by atoms with E-state index >= 15 is 0 Å². The number of amides is 1. The number of carbonyl (C=O) groups excluding carboxylic acids is 1. The predicted octanol–water partition coefficient (Wildman–Crippen LogP) is 0.0938. The number of hydrogen-bond donors (Lipinski definition) is 3. The van der Waals surface area contributed by atoms with Gasteiger partial charge in [-0.25, -0.2) is 0 Å².